The van der Waals surface area contributed by atoms with Gasteiger partial charge in [0.1, 0.15) is 12.1 Å². The van der Waals surface area contributed by atoms with E-state index in [1.807, 2.05) is 32.0 Å². The first-order chi connectivity index (χ1) is 11.2. The average Bonchev–Trinajstić information content (AvgIpc) is 2.47. The van der Waals surface area contributed by atoms with E-state index in [4.69, 9.17) is 0 Å². The van der Waals surface area contributed by atoms with Crippen molar-refractivity contribution < 1.29 is 18.0 Å². The molecule has 4 nitrogen and oxygen atoms in total. The molecule has 0 aliphatic heterocycles. The number of carbonyl (C=O) groups is 1. The molecule has 0 bridgehead atoms. The van der Waals surface area contributed by atoms with Crippen LogP contribution in [-0.2, 0) is 24.1 Å². The Labute approximate surface area is 136 Å². The minimum atomic E-state index is -4.74. The molecule has 1 heterocycles. The van der Waals surface area contributed by atoms with Crippen molar-refractivity contribution >= 4 is 5.91 Å². The van der Waals surface area contributed by atoms with E-state index in [0.717, 1.165) is 33.5 Å². The van der Waals surface area contributed by atoms with Crippen molar-refractivity contribution in [3.8, 4) is 0 Å². The molecule has 0 spiro atoms. The number of rotatable bonds is 4. The van der Waals surface area contributed by atoms with E-state index < -0.39 is 29.8 Å². The van der Waals surface area contributed by atoms with Crippen LogP contribution in [0.15, 0.2) is 41.3 Å². The summed E-state index contributed by atoms with van der Waals surface area (Å²) in [5.41, 5.74) is 0.494. The van der Waals surface area contributed by atoms with E-state index in [1.165, 1.54) is 0 Å². The largest absolute Gasteiger partial charge is 0.421 e. The van der Waals surface area contributed by atoms with Gasteiger partial charge >= 0.3 is 6.18 Å². The number of hydrogen-bond donors (Lipinski definition) is 1. The highest BCUT2D eigenvalue weighted by Crippen LogP contribution is 2.25. The maximum atomic E-state index is 12.7. The molecule has 1 aromatic carbocycles. The van der Waals surface area contributed by atoms with Crippen LogP contribution in [0.2, 0.25) is 0 Å². The van der Waals surface area contributed by atoms with E-state index >= 15 is 0 Å². The molecule has 0 unspecified atom stereocenters. The third-order valence-corrected chi connectivity index (χ3v) is 3.61. The number of amides is 1. The van der Waals surface area contributed by atoms with Crippen LogP contribution in [0.3, 0.4) is 0 Å². The second-order valence-electron chi connectivity index (χ2n) is 5.56. The Morgan fingerprint density at radius 2 is 1.92 bits per heavy atom. The summed E-state index contributed by atoms with van der Waals surface area (Å²) in [6, 6.07) is 7.56. The highest BCUT2D eigenvalue weighted by atomic mass is 19.4. The molecule has 1 amide bonds. The third-order valence-electron chi connectivity index (χ3n) is 3.61. The summed E-state index contributed by atoms with van der Waals surface area (Å²) in [5, 5.41) is 2.61. The monoisotopic (exact) mass is 338 g/mol. The maximum absolute atomic E-state index is 12.7. The number of halogens is 3. The third kappa shape index (κ3) is 4.24. The van der Waals surface area contributed by atoms with Crippen molar-refractivity contribution in [3.63, 3.8) is 0 Å². The standard InChI is InChI=1S/C17H17F3N2O2/c1-11-5-6-13(12(2)8-11)9-21-15(23)10-22-7-3-4-14(16(22)24)17(18,19)20/h3-8H,9-10H2,1-2H3,(H,21,23). The van der Waals surface area contributed by atoms with Crippen molar-refractivity contribution in [1.82, 2.24) is 9.88 Å². The molecular formula is C17H17F3N2O2. The molecule has 0 aliphatic rings. The van der Waals surface area contributed by atoms with Gasteiger partial charge in [-0.3, -0.25) is 9.59 Å². The zero-order valence-electron chi connectivity index (χ0n) is 13.3. The molecule has 0 radical (unpaired) electrons. The molecule has 1 aromatic heterocycles. The van der Waals surface area contributed by atoms with E-state index in [2.05, 4.69) is 5.32 Å². The summed E-state index contributed by atoms with van der Waals surface area (Å²) in [5.74, 6) is -0.531. The van der Waals surface area contributed by atoms with Crippen molar-refractivity contribution in [2.24, 2.45) is 0 Å². The predicted molar refractivity (Wildman–Crippen MR) is 83.5 cm³/mol. The molecule has 0 saturated carbocycles. The summed E-state index contributed by atoms with van der Waals surface area (Å²) >= 11 is 0. The van der Waals surface area contributed by atoms with Crippen LogP contribution in [0, 0.1) is 13.8 Å². The summed E-state index contributed by atoms with van der Waals surface area (Å²) in [6.45, 7) is 3.65. The van der Waals surface area contributed by atoms with Crippen molar-refractivity contribution in [1.29, 1.82) is 0 Å². The van der Waals surface area contributed by atoms with Gasteiger partial charge in [0.15, 0.2) is 0 Å². The number of aromatic nitrogens is 1. The van der Waals surface area contributed by atoms with Crippen molar-refractivity contribution in [3.05, 3.63) is 69.1 Å². The zero-order valence-corrected chi connectivity index (χ0v) is 13.3. The minimum absolute atomic E-state index is 0.249. The molecule has 2 rings (SSSR count). The Bertz CT molecular complexity index is 810. The predicted octanol–water partition coefficient (Wildman–Crippen LogP) is 2.80. The van der Waals surface area contributed by atoms with Crippen LogP contribution in [0.25, 0.3) is 0 Å². The molecule has 2 aromatic rings. The Hall–Kier alpha value is -2.57. The van der Waals surface area contributed by atoms with Gasteiger partial charge in [-0.15, -0.1) is 0 Å². The van der Waals surface area contributed by atoms with Gasteiger partial charge in [-0.25, -0.2) is 0 Å². The van der Waals surface area contributed by atoms with Gasteiger partial charge < -0.3 is 9.88 Å². The van der Waals surface area contributed by atoms with Gasteiger partial charge in [0.2, 0.25) is 5.91 Å². The minimum Gasteiger partial charge on any atom is -0.350 e. The van der Waals surface area contributed by atoms with Crippen LogP contribution in [0.4, 0.5) is 13.2 Å². The van der Waals surface area contributed by atoms with Gasteiger partial charge in [0, 0.05) is 12.7 Å². The van der Waals surface area contributed by atoms with Gasteiger partial charge in [-0.1, -0.05) is 23.8 Å². The number of hydrogen-bond acceptors (Lipinski definition) is 2. The van der Waals surface area contributed by atoms with Crippen molar-refractivity contribution in [2.75, 3.05) is 0 Å². The smallest absolute Gasteiger partial charge is 0.350 e. The highest BCUT2D eigenvalue weighted by Gasteiger charge is 2.34. The van der Waals surface area contributed by atoms with Crippen LogP contribution in [-0.4, -0.2) is 10.5 Å². The molecule has 0 aliphatic carbocycles. The summed E-state index contributed by atoms with van der Waals surface area (Å²) in [6.07, 6.45) is -3.58. The number of benzene rings is 1. The molecule has 0 atom stereocenters. The van der Waals surface area contributed by atoms with Crippen LogP contribution >= 0.6 is 0 Å². The summed E-state index contributed by atoms with van der Waals surface area (Å²) in [4.78, 5) is 23.7. The normalized spacial score (nSPS) is 11.4. The lowest BCUT2D eigenvalue weighted by atomic mass is 10.1. The first-order valence-corrected chi connectivity index (χ1v) is 7.28. The van der Waals surface area contributed by atoms with E-state index in [1.54, 1.807) is 0 Å². The molecule has 0 saturated heterocycles. The Kier molecular flexibility index (Phi) is 5.11. The number of pyridine rings is 1. The SMILES string of the molecule is Cc1ccc(CNC(=O)Cn2cccc(C(F)(F)F)c2=O)c(C)c1. The zero-order chi connectivity index (χ0) is 17.9. The second-order valence-corrected chi connectivity index (χ2v) is 5.56. The Balaban J connectivity index is 2.07. The second kappa shape index (κ2) is 6.90. The Morgan fingerprint density at radius 3 is 2.54 bits per heavy atom. The lowest BCUT2D eigenvalue weighted by Gasteiger charge is -2.11. The molecule has 7 heteroatoms. The average molecular weight is 338 g/mol. The lowest BCUT2D eigenvalue weighted by molar-refractivity contribution is -0.139. The lowest BCUT2D eigenvalue weighted by Crippen LogP contribution is -2.34. The maximum Gasteiger partial charge on any atom is 0.421 e. The quantitative estimate of drug-likeness (QED) is 0.932. The first-order valence-electron chi connectivity index (χ1n) is 7.28. The fourth-order valence-corrected chi connectivity index (χ4v) is 2.33. The van der Waals surface area contributed by atoms with Crippen LogP contribution < -0.4 is 10.9 Å². The number of nitrogens with one attached hydrogen (secondary N) is 1. The van der Waals surface area contributed by atoms with Crippen LogP contribution in [0.1, 0.15) is 22.3 Å². The van der Waals surface area contributed by atoms with E-state index in [0.29, 0.717) is 6.07 Å². The fourth-order valence-electron chi connectivity index (χ4n) is 2.33. The van der Waals surface area contributed by atoms with Gasteiger partial charge in [0.25, 0.3) is 5.56 Å². The molecule has 0 fully saturated rings. The molecule has 128 valence electrons. The summed E-state index contributed by atoms with van der Waals surface area (Å²) in [7, 11) is 0. The van der Waals surface area contributed by atoms with Gasteiger partial charge in [-0.05, 0) is 37.1 Å². The van der Waals surface area contributed by atoms with Crippen LogP contribution in [0.5, 0.6) is 0 Å². The number of carbonyl (C=O) groups excluding carboxylic acids is 1. The fraction of sp³-hybridized carbons (Fsp3) is 0.294. The number of aryl methyl sites for hydroxylation is 2. The van der Waals surface area contributed by atoms with Gasteiger partial charge in [-0.2, -0.15) is 13.2 Å². The van der Waals surface area contributed by atoms with Crippen molar-refractivity contribution in [2.45, 2.75) is 33.1 Å². The number of alkyl halides is 3. The Morgan fingerprint density at radius 1 is 1.21 bits per heavy atom. The highest BCUT2D eigenvalue weighted by molar-refractivity contribution is 5.75. The first kappa shape index (κ1) is 17.8. The summed E-state index contributed by atoms with van der Waals surface area (Å²) < 4.78 is 38.8. The topological polar surface area (TPSA) is 51.1 Å². The molecular weight excluding hydrogens is 321 g/mol. The van der Waals surface area contributed by atoms with Gasteiger partial charge in [0.05, 0.1) is 0 Å². The van der Waals surface area contributed by atoms with E-state index in [-0.39, 0.29) is 6.54 Å². The molecule has 24 heavy (non-hydrogen) atoms. The molecule has 1 N–H and O–H groups in total. The number of nitrogens with zero attached hydrogens (tertiary/aromatic N) is 1. The van der Waals surface area contributed by atoms with E-state index in [9.17, 15) is 22.8 Å².